The number of hydrogen-bond acceptors (Lipinski definition) is 3. The fourth-order valence-corrected chi connectivity index (χ4v) is 1.95. The Bertz CT molecular complexity index is 413. The highest BCUT2D eigenvalue weighted by molar-refractivity contribution is 9.08. The van der Waals surface area contributed by atoms with Gasteiger partial charge in [0.1, 0.15) is 5.82 Å². The average molecular weight is 295 g/mol. The summed E-state index contributed by atoms with van der Waals surface area (Å²) in [5.74, 6) is -1.24. The van der Waals surface area contributed by atoms with Crippen molar-refractivity contribution in [2.75, 3.05) is 5.73 Å². The maximum absolute atomic E-state index is 12.7. The van der Waals surface area contributed by atoms with Crippen LogP contribution >= 0.6 is 15.9 Å². The summed E-state index contributed by atoms with van der Waals surface area (Å²) in [5.41, 5.74) is 5.32. The lowest BCUT2D eigenvalue weighted by molar-refractivity contribution is -0.136. The first-order valence-corrected chi connectivity index (χ1v) is 5.42. The quantitative estimate of drug-likeness (QED) is 0.834. The van der Waals surface area contributed by atoms with E-state index in [0.717, 1.165) is 6.07 Å². The number of pyridine rings is 1. The molecule has 0 unspecified atom stereocenters. The van der Waals surface area contributed by atoms with E-state index in [-0.39, 0.29) is 28.0 Å². The number of aliphatic carboxylic acids is 1. The standard InChI is InChI=1S/C9H9BrF2N2O2/c10-3-5-4(9(11)12)1-7(13)14-6(5)2-8(15)16/h1,9H,2-3H2,(H2,13,14)(H,15,16). The van der Waals surface area contributed by atoms with E-state index in [1.54, 1.807) is 0 Å². The lowest BCUT2D eigenvalue weighted by atomic mass is 10.1. The van der Waals surface area contributed by atoms with E-state index in [0.29, 0.717) is 0 Å². The predicted octanol–water partition coefficient (Wildman–Crippen LogP) is 2.12. The third kappa shape index (κ3) is 2.88. The van der Waals surface area contributed by atoms with E-state index in [2.05, 4.69) is 20.9 Å². The van der Waals surface area contributed by atoms with Crippen molar-refractivity contribution in [3.8, 4) is 0 Å². The predicted molar refractivity (Wildman–Crippen MR) is 57.6 cm³/mol. The van der Waals surface area contributed by atoms with E-state index < -0.39 is 18.8 Å². The maximum atomic E-state index is 12.7. The van der Waals surface area contributed by atoms with Gasteiger partial charge < -0.3 is 10.8 Å². The molecule has 0 radical (unpaired) electrons. The van der Waals surface area contributed by atoms with Gasteiger partial charge in [-0.2, -0.15) is 0 Å². The van der Waals surface area contributed by atoms with Gasteiger partial charge in [0.05, 0.1) is 12.1 Å². The number of nitrogens with zero attached hydrogens (tertiary/aromatic N) is 1. The van der Waals surface area contributed by atoms with Gasteiger partial charge in [0.2, 0.25) is 0 Å². The first-order valence-electron chi connectivity index (χ1n) is 4.29. The molecule has 1 rings (SSSR count). The number of halogens is 3. The molecule has 0 amide bonds. The van der Waals surface area contributed by atoms with Gasteiger partial charge in [-0.1, -0.05) is 15.9 Å². The Kier molecular flexibility index (Phi) is 4.17. The molecule has 0 spiro atoms. The van der Waals surface area contributed by atoms with Gasteiger partial charge in [-0.25, -0.2) is 13.8 Å². The normalized spacial score (nSPS) is 10.8. The van der Waals surface area contributed by atoms with Crippen molar-refractivity contribution in [3.05, 3.63) is 22.9 Å². The van der Waals surface area contributed by atoms with Gasteiger partial charge in [0.15, 0.2) is 0 Å². The highest BCUT2D eigenvalue weighted by Crippen LogP contribution is 2.28. The third-order valence-corrected chi connectivity index (χ3v) is 2.51. The van der Waals surface area contributed by atoms with Crippen LogP contribution in [-0.2, 0) is 16.5 Å². The van der Waals surface area contributed by atoms with Crippen LogP contribution in [0.25, 0.3) is 0 Å². The van der Waals surface area contributed by atoms with Crippen LogP contribution < -0.4 is 5.73 Å². The van der Waals surface area contributed by atoms with E-state index in [1.165, 1.54) is 0 Å². The van der Waals surface area contributed by atoms with Crippen LogP contribution in [0.2, 0.25) is 0 Å². The molecule has 1 aromatic heterocycles. The van der Waals surface area contributed by atoms with Gasteiger partial charge in [-0.05, 0) is 11.6 Å². The van der Waals surface area contributed by atoms with Gasteiger partial charge in [-0.3, -0.25) is 4.79 Å². The second-order valence-corrected chi connectivity index (χ2v) is 3.63. The number of alkyl halides is 3. The zero-order chi connectivity index (χ0) is 12.3. The lowest BCUT2D eigenvalue weighted by Gasteiger charge is -2.11. The minimum atomic E-state index is -2.70. The van der Waals surface area contributed by atoms with E-state index in [4.69, 9.17) is 10.8 Å². The Hall–Kier alpha value is -1.24. The Morgan fingerprint density at radius 3 is 2.69 bits per heavy atom. The van der Waals surface area contributed by atoms with Crippen LogP contribution in [0.4, 0.5) is 14.6 Å². The number of aromatic nitrogens is 1. The van der Waals surface area contributed by atoms with Crippen LogP contribution in [0.15, 0.2) is 6.07 Å². The molecule has 0 bridgehead atoms. The Balaban J connectivity index is 3.29. The number of nitrogen functional groups attached to an aromatic ring is 1. The SMILES string of the molecule is Nc1cc(C(F)F)c(CBr)c(CC(=O)O)n1. The summed E-state index contributed by atoms with van der Waals surface area (Å²) >= 11 is 3.03. The average Bonchev–Trinajstić information content (AvgIpc) is 2.15. The maximum Gasteiger partial charge on any atom is 0.309 e. The summed E-state index contributed by atoms with van der Waals surface area (Å²) in [6.07, 6.45) is -3.13. The number of carboxylic acid groups (broad SMARTS) is 1. The number of carboxylic acids is 1. The van der Waals surface area contributed by atoms with Crippen molar-refractivity contribution >= 4 is 27.7 Å². The molecule has 0 fully saturated rings. The summed E-state index contributed by atoms with van der Waals surface area (Å²) in [6.45, 7) is 0. The first-order chi connectivity index (χ1) is 7.45. The lowest BCUT2D eigenvalue weighted by Crippen LogP contribution is -2.10. The van der Waals surface area contributed by atoms with Gasteiger partial charge in [0, 0.05) is 10.9 Å². The molecule has 0 atom stereocenters. The van der Waals surface area contributed by atoms with Crippen LogP contribution in [0, 0.1) is 0 Å². The van der Waals surface area contributed by atoms with Crippen LogP contribution in [0.1, 0.15) is 23.2 Å². The minimum Gasteiger partial charge on any atom is -0.481 e. The fourth-order valence-electron chi connectivity index (χ4n) is 1.31. The smallest absolute Gasteiger partial charge is 0.309 e. The molecular formula is C9H9BrF2N2O2. The monoisotopic (exact) mass is 294 g/mol. The molecule has 1 aromatic rings. The molecule has 0 saturated carbocycles. The number of nitrogens with two attached hydrogens (primary N) is 1. The molecule has 3 N–H and O–H groups in total. The molecule has 0 aromatic carbocycles. The van der Waals surface area contributed by atoms with Crippen LogP contribution in [0.5, 0.6) is 0 Å². The Morgan fingerprint density at radius 1 is 1.62 bits per heavy atom. The molecular weight excluding hydrogens is 286 g/mol. The van der Waals surface area contributed by atoms with Crippen molar-refractivity contribution in [1.29, 1.82) is 0 Å². The van der Waals surface area contributed by atoms with Crippen molar-refractivity contribution in [2.45, 2.75) is 18.2 Å². The fraction of sp³-hybridized carbons (Fsp3) is 0.333. The number of hydrogen-bond donors (Lipinski definition) is 2. The van der Waals surface area contributed by atoms with Gasteiger partial charge >= 0.3 is 5.97 Å². The molecule has 0 aliphatic rings. The number of anilines is 1. The molecule has 16 heavy (non-hydrogen) atoms. The molecule has 0 aliphatic carbocycles. The number of rotatable bonds is 4. The summed E-state index contributed by atoms with van der Waals surface area (Å²) in [4.78, 5) is 14.3. The molecule has 88 valence electrons. The molecule has 0 saturated heterocycles. The first kappa shape index (κ1) is 12.8. The topological polar surface area (TPSA) is 76.2 Å². The highest BCUT2D eigenvalue weighted by atomic mass is 79.9. The van der Waals surface area contributed by atoms with E-state index in [1.807, 2.05) is 0 Å². The molecule has 7 heteroatoms. The van der Waals surface area contributed by atoms with Crippen molar-refractivity contribution in [3.63, 3.8) is 0 Å². The minimum absolute atomic E-state index is 0.0691. The Labute approximate surface area is 98.6 Å². The van der Waals surface area contributed by atoms with Crippen molar-refractivity contribution in [2.24, 2.45) is 0 Å². The van der Waals surface area contributed by atoms with Crippen LogP contribution in [-0.4, -0.2) is 16.1 Å². The van der Waals surface area contributed by atoms with E-state index in [9.17, 15) is 13.6 Å². The molecule has 1 heterocycles. The molecule has 0 aliphatic heterocycles. The molecule has 4 nitrogen and oxygen atoms in total. The zero-order valence-corrected chi connectivity index (χ0v) is 9.67. The summed E-state index contributed by atoms with van der Waals surface area (Å²) in [6, 6.07) is 1.06. The van der Waals surface area contributed by atoms with E-state index >= 15 is 0 Å². The Morgan fingerprint density at radius 2 is 2.25 bits per heavy atom. The highest BCUT2D eigenvalue weighted by Gasteiger charge is 2.19. The third-order valence-electron chi connectivity index (χ3n) is 1.95. The summed E-state index contributed by atoms with van der Waals surface area (Å²) in [7, 11) is 0. The van der Waals surface area contributed by atoms with Crippen molar-refractivity contribution in [1.82, 2.24) is 4.98 Å². The largest absolute Gasteiger partial charge is 0.481 e. The van der Waals surface area contributed by atoms with Gasteiger partial charge in [-0.15, -0.1) is 0 Å². The summed E-state index contributed by atoms with van der Waals surface area (Å²) in [5, 5.41) is 8.74. The second kappa shape index (κ2) is 5.20. The van der Waals surface area contributed by atoms with Crippen molar-refractivity contribution < 1.29 is 18.7 Å². The van der Waals surface area contributed by atoms with Gasteiger partial charge in [0.25, 0.3) is 6.43 Å². The number of carbonyl (C=O) groups is 1. The zero-order valence-electron chi connectivity index (χ0n) is 8.08. The summed E-state index contributed by atoms with van der Waals surface area (Å²) < 4.78 is 25.3. The van der Waals surface area contributed by atoms with Crippen LogP contribution in [0.3, 0.4) is 0 Å². The second-order valence-electron chi connectivity index (χ2n) is 3.07.